The van der Waals surface area contributed by atoms with Gasteiger partial charge in [0.1, 0.15) is 6.04 Å². The lowest BCUT2D eigenvalue weighted by atomic mass is 9.95. The number of hydrogen-bond acceptors (Lipinski definition) is 2. The number of nitrogens with zero attached hydrogens (tertiary/aromatic N) is 1. The first-order chi connectivity index (χ1) is 10.7. The van der Waals surface area contributed by atoms with Gasteiger partial charge in [-0.15, -0.1) is 0 Å². The highest BCUT2D eigenvalue weighted by Gasteiger charge is 2.32. The summed E-state index contributed by atoms with van der Waals surface area (Å²) >= 11 is 0. The highest BCUT2D eigenvalue weighted by atomic mass is 16.2. The summed E-state index contributed by atoms with van der Waals surface area (Å²) in [6.45, 7) is 4.35. The molecule has 1 aromatic carbocycles. The van der Waals surface area contributed by atoms with Crippen molar-refractivity contribution in [2.24, 2.45) is 5.92 Å². The number of carbonyl (C=O) groups is 1. The lowest BCUT2D eigenvalue weighted by molar-refractivity contribution is -0.128. The van der Waals surface area contributed by atoms with Crippen molar-refractivity contribution in [1.29, 1.82) is 0 Å². The zero-order valence-corrected chi connectivity index (χ0v) is 13.6. The molecule has 1 heterocycles. The minimum absolute atomic E-state index is 0.121. The summed E-state index contributed by atoms with van der Waals surface area (Å²) in [4.78, 5) is 15.3. The van der Waals surface area contributed by atoms with E-state index in [1.54, 1.807) is 0 Å². The van der Waals surface area contributed by atoms with Crippen LogP contribution < -0.4 is 5.32 Å². The molecule has 22 heavy (non-hydrogen) atoms. The zero-order valence-electron chi connectivity index (χ0n) is 13.6. The average Bonchev–Trinajstić information content (AvgIpc) is 3.01. The Balaban J connectivity index is 1.77. The Kier molecular flexibility index (Phi) is 5.14. The summed E-state index contributed by atoms with van der Waals surface area (Å²) in [5.74, 6) is 0.881. The Morgan fingerprint density at radius 1 is 1.14 bits per heavy atom. The van der Waals surface area contributed by atoms with E-state index >= 15 is 0 Å². The smallest absolute Gasteiger partial charge is 0.242 e. The summed E-state index contributed by atoms with van der Waals surface area (Å²) in [6, 6.07) is 10.6. The molecule has 0 bridgehead atoms. The van der Waals surface area contributed by atoms with Crippen LogP contribution in [0.25, 0.3) is 0 Å². The number of piperidine rings is 1. The van der Waals surface area contributed by atoms with Gasteiger partial charge in [-0.1, -0.05) is 50.1 Å². The third-order valence-electron chi connectivity index (χ3n) is 5.12. The van der Waals surface area contributed by atoms with Gasteiger partial charge in [-0.25, -0.2) is 0 Å². The number of benzene rings is 1. The van der Waals surface area contributed by atoms with Crippen LogP contribution in [-0.4, -0.2) is 29.9 Å². The molecule has 2 fully saturated rings. The van der Waals surface area contributed by atoms with Crippen molar-refractivity contribution in [3.05, 3.63) is 35.9 Å². The second kappa shape index (κ2) is 7.28. The van der Waals surface area contributed by atoms with Crippen LogP contribution >= 0.6 is 0 Å². The fourth-order valence-electron chi connectivity index (χ4n) is 3.97. The quantitative estimate of drug-likeness (QED) is 0.923. The van der Waals surface area contributed by atoms with E-state index in [1.807, 2.05) is 18.2 Å². The second-order valence-electron chi connectivity index (χ2n) is 7.05. The summed E-state index contributed by atoms with van der Waals surface area (Å²) in [5.41, 5.74) is 1.13. The second-order valence-corrected chi connectivity index (χ2v) is 7.05. The van der Waals surface area contributed by atoms with Gasteiger partial charge >= 0.3 is 0 Å². The molecule has 0 aromatic heterocycles. The van der Waals surface area contributed by atoms with Gasteiger partial charge in [0.15, 0.2) is 0 Å². The van der Waals surface area contributed by atoms with Gasteiger partial charge in [0.2, 0.25) is 5.91 Å². The van der Waals surface area contributed by atoms with Crippen LogP contribution in [0.5, 0.6) is 0 Å². The van der Waals surface area contributed by atoms with E-state index in [2.05, 4.69) is 29.3 Å². The molecule has 1 saturated heterocycles. The number of amides is 1. The van der Waals surface area contributed by atoms with E-state index in [0.717, 1.165) is 31.5 Å². The van der Waals surface area contributed by atoms with Gasteiger partial charge in [0.05, 0.1) is 0 Å². The molecule has 0 spiro atoms. The number of nitrogens with one attached hydrogen (secondary N) is 1. The SMILES string of the molecule is C[C@H]1CCCN([C@@H](C(=O)NC2CCCC2)c2ccccc2)C1. The van der Waals surface area contributed by atoms with Gasteiger partial charge in [-0.3, -0.25) is 9.69 Å². The van der Waals surface area contributed by atoms with Crippen molar-refractivity contribution in [3.8, 4) is 0 Å². The average molecular weight is 300 g/mol. The van der Waals surface area contributed by atoms with Crippen molar-refractivity contribution >= 4 is 5.91 Å². The van der Waals surface area contributed by atoms with Gasteiger partial charge < -0.3 is 5.32 Å². The number of hydrogen-bond donors (Lipinski definition) is 1. The molecule has 0 unspecified atom stereocenters. The minimum atomic E-state index is -0.121. The van der Waals surface area contributed by atoms with Crippen LogP contribution in [0.2, 0.25) is 0 Å². The van der Waals surface area contributed by atoms with E-state index in [0.29, 0.717) is 12.0 Å². The van der Waals surface area contributed by atoms with Crippen LogP contribution in [-0.2, 0) is 4.79 Å². The van der Waals surface area contributed by atoms with Crippen molar-refractivity contribution in [2.45, 2.75) is 57.5 Å². The fourth-order valence-corrected chi connectivity index (χ4v) is 3.97. The molecule has 120 valence electrons. The zero-order chi connectivity index (χ0) is 15.4. The van der Waals surface area contributed by atoms with Crippen molar-refractivity contribution in [3.63, 3.8) is 0 Å². The Bertz CT molecular complexity index is 481. The highest BCUT2D eigenvalue weighted by molar-refractivity contribution is 5.83. The maximum absolute atomic E-state index is 13.0. The van der Waals surface area contributed by atoms with Gasteiger partial charge in [0.25, 0.3) is 0 Å². The summed E-state index contributed by atoms with van der Waals surface area (Å²) < 4.78 is 0. The third kappa shape index (κ3) is 3.70. The maximum atomic E-state index is 13.0. The Morgan fingerprint density at radius 2 is 1.86 bits per heavy atom. The van der Waals surface area contributed by atoms with E-state index in [1.165, 1.54) is 25.7 Å². The molecule has 2 atom stereocenters. The minimum Gasteiger partial charge on any atom is -0.352 e. The summed E-state index contributed by atoms with van der Waals surface area (Å²) in [6.07, 6.45) is 7.26. The summed E-state index contributed by atoms with van der Waals surface area (Å²) in [7, 11) is 0. The highest BCUT2D eigenvalue weighted by Crippen LogP contribution is 2.28. The normalized spacial score (nSPS) is 25.0. The van der Waals surface area contributed by atoms with Crippen molar-refractivity contribution < 1.29 is 4.79 Å². The molecular weight excluding hydrogens is 272 g/mol. The predicted octanol–water partition coefficient (Wildman–Crippen LogP) is 3.52. The van der Waals surface area contributed by atoms with E-state index in [4.69, 9.17) is 0 Å². The van der Waals surface area contributed by atoms with Crippen LogP contribution in [0.1, 0.15) is 57.1 Å². The van der Waals surface area contributed by atoms with Crippen LogP contribution in [0.4, 0.5) is 0 Å². The first kappa shape index (κ1) is 15.5. The molecule has 1 aliphatic carbocycles. The fraction of sp³-hybridized carbons (Fsp3) is 0.632. The van der Waals surface area contributed by atoms with Crippen LogP contribution in [0, 0.1) is 5.92 Å². The van der Waals surface area contributed by atoms with Gasteiger partial charge in [-0.2, -0.15) is 0 Å². The number of carbonyl (C=O) groups excluding carboxylic acids is 1. The molecule has 3 nitrogen and oxygen atoms in total. The monoisotopic (exact) mass is 300 g/mol. The van der Waals surface area contributed by atoms with E-state index in [9.17, 15) is 4.79 Å². The topological polar surface area (TPSA) is 32.3 Å². The molecule has 1 saturated carbocycles. The number of rotatable bonds is 4. The van der Waals surface area contributed by atoms with Crippen LogP contribution in [0.15, 0.2) is 30.3 Å². The van der Waals surface area contributed by atoms with Crippen molar-refractivity contribution in [1.82, 2.24) is 10.2 Å². The van der Waals surface area contributed by atoms with E-state index in [-0.39, 0.29) is 11.9 Å². The lowest BCUT2D eigenvalue weighted by Crippen LogP contribution is -2.46. The Labute approximate surface area is 134 Å². The first-order valence-corrected chi connectivity index (χ1v) is 8.83. The Hall–Kier alpha value is -1.35. The lowest BCUT2D eigenvalue weighted by Gasteiger charge is -2.37. The number of likely N-dealkylation sites (tertiary alicyclic amines) is 1. The standard InChI is InChI=1S/C19H28N2O/c1-15-8-7-13-21(14-15)18(16-9-3-2-4-10-16)19(22)20-17-11-5-6-12-17/h2-4,9-10,15,17-18H,5-8,11-14H2,1H3,(H,20,22)/t15-,18+/m0/s1. The van der Waals surface area contributed by atoms with E-state index < -0.39 is 0 Å². The first-order valence-electron chi connectivity index (χ1n) is 8.83. The van der Waals surface area contributed by atoms with Gasteiger partial charge in [-0.05, 0) is 43.7 Å². The largest absolute Gasteiger partial charge is 0.352 e. The van der Waals surface area contributed by atoms with Crippen molar-refractivity contribution in [2.75, 3.05) is 13.1 Å². The molecule has 0 radical (unpaired) electrons. The molecule has 2 aliphatic rings. The molecule has 1 aliphatic heterocycles. The Morgan fingerprint density at radius 3 is 2.55 bits per heavy atom. The molecule has 3 heteroatoms. The van der Waals surface area contributed by atoms with Crippen LogP contribution in [0.3, 0.4) is 0 Å². The molecular formula is C19H28N2O. The molecule has 1 aromatic rings. The molecule has 1 amide bonds. The van der Waals surface area contributed by atoms with Gasteiger partial charge in [0, 0.05) is 12.6 Å². The summed E-state index contributed by atoms with van der Waals surface area (Å²) in [5, 5.41) is 3.31. The third-order valence-corrected chi connectivity index (χ3v) is 5.12. The predicted molar refractivity (Wildman–Crippen MR) is 89.6 cm³/mol. The molecule has 1 N–H and O–H groups in total. The maximum Gasteiger partial charge on any atom is 0.242 e. The molecule has 3 rings (SSSR count).